The van der Waals surface area contributed by atoms with E-state index in [-0.39, 0.29) is 5.56 Å². The Labute approximate surface area is 122 Å². The summed E-state index contributed by atoms with van der Waals surface area (Å²) in [5.74, 6) is -1.07. The third-order valence-corrected chi connectivity index (χ3v) is 3.69. The minimum Gasteiger partial charge on any atom is -0.306 e. The smallest absolute Gasteiger partial charge is 0.130 e. The monoisotopic (exact) mass is 295 g/mol. The Kier molecular flexibility index (Phi) is 4.73. The second-order valence-electron chi connectivity index (χ2n) is 4.82. The zero-order valence-corrected chi connectivity index (χ0v) is 12.1. The van der Waals surface area contributed by atoms with E-state index in [4.69, 9.17) is 11.6 Å². The van der Waals surface area contributed by atoms with Crippen molar-refractivity contribution in [1.29, 1.82) is 0 Å². The molecular weight excluding hydrogens is 280 g/mol. The average molecular weight is 296 g/mol. The normalized spacial score (nSPS) is 12.4. The molecule has 0 bridgehead atoms. The van der Waals surface area contributed by atoms with E-state index in [2.05, 4.69) is 5.32 Å². The molecule has 0 heterocycles. The van der Waals surface area contributed by atoms with Gasteiger partial charge in [-0.15, -0.1) is 0 Å². The van der Waals surface area contributed by atoms with Gasteiger partial charge in [-0.2, -0.15) is 0 Å². The molecule has 4 heteroatoms. The van der Waals surface area contributed by atoms with E-state index in [1.165, 1.54) is 18.2 Å². The summed E-state index contributed by atoms with van der Waals surface area (Å²) in [6.45, 7) is 4.16. The zero-order chi connectivity index (χ0) is 14.7. The highest BCUT2D eigenvalue weighted by atomic mass is 35.5. The number of halogens is 3. The number of hydrogen-bond donors (Lipinski definition) is 1. The molecule has 20 heavy (non-hydrogen) atoms. The number of aryl methyl sites for hydroxylation is 1. The van der Waals surface area contributed by atoms with Crippen LogP contribution in [-0.2, 0) is 6.54 Å². The molecule has 0 saturated heterocycles. The van der Waals surface area contributed by atoms with Crippen molar-refractivity contribution < 1.29 is 8.78 Å². The van der Waals surface area contributed by atoms with Crippen molar-refractivity contribution in [2.24, 2.45) is 0 Å². The second-order valence-corrected chi connectivity index (χ2v) is 5.23. The molecule has 1 unspecified atom stereocenters. The van der Waals surface area contributed by atoms with E-state index in [1.807, 2.05) is 25.1 Å². The Morgan fingerprint density at radius 2 is 1.80 bits per heavy atom. The number of benzene rings is 2. The van der Waals surface area contributed by atoms with Gasteiger partial charge in [0.2, 0.25) is 0 Å². The third-order valence-electron chi connectivity index (χ3n) is 3.28. The summed E-state index contributed by atoms with van der Waals surface area (Å²) in [4.78, 5) is 0. The van der Waals surface area contributed by atoms with E-state index in [1.54, 1.807) is 6.92 Å². The lowest BCUT2D eigenvalue weighted by atomic mass is 10.1. The van der Waals surface area contributed by atoms with Crippen molar-refractivity contribution in [3.8, 4) is 0 Å². The summed E-state index contributed by atoms with van der Waals surface area (Å²) in [7, 11) is 0. The van der Waals surface area contributed by atoms with Gasteiger partial charge in [0.25, 0.3) is 0 Å². The summed E-state index contributed by atoms with van der Waals surface area (Å²) >= 11 is 6.05. The van der Waals surface area contributed by atoms with E-state index >= 15 is 0 Å². The van der Waals surface area contributed by atoms with E-state index in [0.29, 0.717) is 11.6 Å². The number of rotatable bonds is 4. The van der Waals surface area contributed by atoms with Crippen LogP contribution in [0.3, 0.4) is 0 Å². The van der Waals surface area contributed by atoms with Crippen molar-refractivity contribution in [3.05, 3.63) is 69.7 Å². The molecule has 2 aromatic rings. The van der Waals surface area contributed by atoms with Gasteiger partial charge in [0.1, 0.15) is 11.6 Å². The average Bonchev–Trinajstić information content (AvgIpc) is 2.40. The van der Waals surface area contributed by atoms with Gasteiger partial charge in [-0.05, 0) is 43.2 Å². The predicted octanol–water partition coefficient (Wildman–Crippen LogP) is 4.78. The predicted molar refractivity (Wildman–Crippen MR) is 77.8 cm³/mol. The second kappa shape index (κ2) is 6.33. The highest BCUT2D eigenvalue weighted by Crippen LogP contribution is 2.21. The van der Waals surface area contributed by atoms with Gasteiger partial charge in [0.15, 0.2) is 0 Å². The minimum absolute atomic E-state index is 0.0608. The van der Waals surface area contributed by atoms with Gasteiger partial charge >= 0.3 is 0 Å². The lowest BCUT2D eigenvalue weighted by Crippen LogP contribution is -2.20. The number of hydrogen-bond acceptors (Lipinski definition) is 1. The SMILES string of the molecule is Cc1ccc(CNC(C)c2c(F)cccc2F)cc1Cl. The maximum atomic E-state index is 13.6. The third kappa shape index (κ3) is 3.35. The van der Waals surface area contributed by atoms with Crippen LogP contribution in [0.2, 0.25) is 5.02 Å². The van der Waals surface area contributed by atoms with Crippen LogP contribution < -0.4 is 5.32 Å². The summed E-state index contributed by atoms with van der Waals surface area (Å²) in [6, 6.07) is 9.19. The summed E-state index contributed by atoms with van der Waals surface area (Å²) in [5.41, 5.74) is 2.04. The summed E-state index contributed by atoms with van der Waals surface area (Å²) in [6.07, 6.45) is 0. The first-order chi connectivity index (χ1) is 9.49. The van der Waals surface area contributed by atoms with Crippen LogP contribution in [0.5, 0.6) is 0 Å². The van der Waals surface area contributed by atoms with E-state index in [9.17, 15) is 8.78 Å². The maximum absolute atomic E-state index is 13.6. The molecule has 1 N–H and O–H groups in total. The molecule has 0 amide bonds. The Morgan fingerprint density at radius 3 is 2.40 bits per heavy atom. The molecule has 1 atom stereocenters. The molecular formula is C16H16ClF2N. The molecule has 0 fully saturated rings. The fraction of sp³-hybridized carbons (Fsp3) is 0.250. The van der Waals surface area contributed by atoms with Crippen molar-refractivity contribution in [2.75, 3.05) is 0 Å². The maximum Gasteiger partial charge on any atom is 0.130 e. The minimum atomic E-state index is -0.535. The fourth-order valence-electron chi connectivity index (χ4n) is 2.04. The lowest BCUT2D eigenvalue weighted by Gasteiger charge is -2.16. The van der Waals surface area contributed by atoms with Crippen LogP contribution in [-0.4, -0.2) is 0 Å². The number of nitrogens with one attached hydrogen (secondary N) is 1. The molecule has 2 aromatic carbocycles. The van der Waals surface area contributed by atoms with Gasteiger partial charge in [0.05, 0.1) is 0 Å². The Balaban J connectivity index is 2.08. The standard InChI is InChI=1S/C16H16ClF2N/c1-10-6-7-12(8-13(10)17)9-20-11(2)16-14(18)4-3-5-15(16)19/h3-8,11,20H,9H2,1-2H3. The lowest BCUT2D eigenvalue weighted by molar-refractivity contribution is 0.487. The van der Waals surface area contributed by atoms with Gasteiger partial charge in [-0.3, -0.25) is 0 Å². The van der Waals surface area contributed by atoms with E-state index < -0.39 is 17.7 Å². The largest absolute Gasteiger partial charge is 0.306 e. The van der Waals surface area contributed by atoms with Gasteiger partial charge in [-0.1, -0.05) is 29.8 Å². The van der Waals surface area contributed by atoms with Crippen molar-refractivity contribution in [1.82, 2.24) is 5.32 Å². The molecule has 106 valence electrons. The molecule has 0 radical (unpaired) electrons. The van der Waals surface area contributed by atoms with Crippen LogP contribution >= 0.6 is 11.6 Å². The topological polar surface area (TPSA) is 12.0 Å². The van der Waals surface area contributed by atoms with Gasteiger partial charge < -0.3 is 5.32 Å². The van der Waals surface area contributed by atoms with Crippen molar-refractivity contribution in [3.63, 3.8) is 0 Å². The van der Waals surface area contributed by atoms with Crippen LogP contribution in [0.25, 0.3) is 0 Å². The quantitative estimate of drug-likeness (QED) is 0.856. The Bertz CT molecular complexity index is 593. The van der Waals surface area contributed by atoms with Crippen LogP contribution in [0, 0.1) is 18.6 Å². The highest BCUT2D eigenvalue weighted by molar-refractivity contribution is 6.31. The van der Waals surface area contributed by atoms with Crippen molar-refractivity contribution >= 4 is 11.6 Å². The molecule has 0 aliphatic carbocycles. The molecule has 1 nitrogen and oxygen atoms in total. The Hall–Kier alpha value is -1.45. The first kappa shape index (κ1) is 14.9. The highest BCUT2D eigenvalue weighted by Gasteiger charge is 2.15. The van der Waals surface area contributed by atoms with Crippen LogP contribution in [0.4, 0.5) is 8.78 Å². The molecule has 0 spiro atoms. The van der Waals surface area contributed by atoms with Crippen molar-refractivity contribution in [2.45, 2.75) is 26.4 Å². The molecule has 0 saturated carbocycles. The first-order valence-electron chi connectivity index (χ1n) is 6.41. The first-order valence-corrected chi connectivity index (χ1v) is 6.79. The molecule has 0 aliphatic heterocycles. The van der Waals surface area contributed by atoms with Gasteiger partial charge in [-0.25, -0.2) is 8.78 Å². The fourth-order valence-corrected chi connectivity index (χ4v) is 2.25. The summed E-state index contributed by atoms with van der Waals surface area (Å²) in [5, 5.41) is 3.79. The van der Waals surface area contributed by atoms with Gasteiger partial charge in [0, 0.05) is 23.2 Å². The molecule has 2 rings (SSSR count). The van der Waals surface area contributed by atoms with Crippen LogP contribution in [0.1, 0.15) is 29.7 Å². The van der Waals surface area contributed by atoms with E-state index in [0.717, 1.165) is 11.1 Å². The molecule has 0 aliphatic rings. The molecule has 0 aromatic heterocycles. The zero-order valence-electron chi connectivity index (χ0n) is 11.4. The summed E-state index contributed by atoms with van der Waals surface area (Å²) < 4.78 is 27.3. The van der Waals surface area contributed by atoms with Crippen LogP contribution in [0.15, 0.2) is 36.4 Å². The Morgan fingerprint density at radius 1 is 1.15 bits per heavy atom.